The monoisotopic (exact) mass is 387 g/mol. The first-order chi connectivity index (χ1) is 12.9. The van der Waals surface area contributed by atoms with E-state index in [9.17, 15) is 13.2 Å². The molecule has 1 heterocycles. The van der Waals surface area contributed by atoms with Crippen molar-refractivity contribution in [1.29, 1.82) is 0 Å². The molecule has 0 saturated carbocycles. The Hall–Kier alpha value is -2.54. The molecule has 144 valence electrons. The normalized spacial score (nSPS) is 14.6. The van der Waals surface area contributed by atoms with E-state index in [1.165, 1.54) is 31.0 Å². The fourth-order valence-corrected chi connectivity index (χ4v) is 3.75. The van der Waals surface area contributed by atoms with Gasteiger partial charge in [-0.1, -0.05) is 18.2 Å². The van der Waals surface area contributed by atoms with Crippen molar-refractivity contribution >= 4 is 27.3 Å². The minimum atomic E-state index is -3.37. The third-order valence-corrected chi connectivity index (χ3v) is 5.15. The molecule has 0 spiro atoms. The molecule has 0 bridgehead atoms. The van der Waals surface area contributed by atoms with Crippen LogP contribution in [0.3, 0.4) is 0 Å². The molecule has 0 aromatic heterocycles. The number of hydrogen-bond donors (Lipinski definition) is 2. The van der Waals surface area contributed by atoms with Gasteiger partial charge in [-0.2, -0.15) is 0 Å². The van der Waals surface area contributed by atoms with Crippen LogP contribution in [0.2, 0.25) is 0 Å². The second-order valence-electron chi connectivity index (χ2n) is 6.85. The van der Waals surface area contributed by atoms with Crippen LogP contribution in [-0.2, 0) is 16.6 Å². The number of carbonyl (C=O) groups is 1. The van der Waals surface area contributed by atoms with Crippen LogP contribution >= 0.6 is 0 Å². The number of carbonyl (C=O) groups excluding carboxylic acids is 1. The Labute approximate surface area is 160 Å². The SMILES string of the molecule is CS(=O)(=O)Nc1cccc(C(=O)NCc2ccc(N3CCCCC3)cc2)c1. The number of anilines is 2. The van der Waals surface area contributed by atoms with Crippen molar-refractivity contribution in [2.75, 3.05) is 29.0 Å². The zero-order valence-corrected chi connectivity index (χ0v) is 16.3. The molecule has 0 radical (unpaired) electrons. The van der Waals surface area contributed by atoms with Crippen molar-refractivity contribution in [3.63, 3.8) is 0 Å². The average Bonchev–Trinajstić information content (AvgIpc) is 2.66. The first-order valence-electron chi connectivity index (χ1n) is 9.11. The maximum atomic E-state index is 12.4. The van der Waals surface area contributed by atoms with Crippen LogP contribution in [0.15, 0.2) is 48.5 Å². The van der Waals surface area contributed by atoms with Crippen LogP contribution in [0.1, 0.15) is 35.2 Å². The number of hydrogen-bond acceptors (Lipinski definition) is 4. The highest BCUT2D eigenvalue weighted by molar-refractivity contribution is 7.92. The highest BCUT2D eigenvalue weighted by atomic mass is 32.2. The van der Waals surface area contributed by atoms with Crippen LogP contribution in [0.4, 0.5) is 11.4 Å². The molecule has 2 aromatic rings. The van der Waals surface area contributed by atoms with Crippen molar-refractivity contribution in [3.05, 3.63) is 59.7 Å². The number of rotatable bonds is 6. The second-order valence-corrected chi connectivity index (χ2v) is 8.60. The summed E-state index contributed by atoms with van der Waals surface area (Å²) in [5.74, 6) is -0.243. The molecule has 3 rings (SSSR count). The Morgan fingerprint density at radius 2 is 1.74 bits per heavy atom. The summed E-state index contributed by atoms with van der Waals surface area (Å²) >= 11 is 0. The van der Waals surface area contributed by atoms with Gasteiger partial charge < -0.3 is 10.2 Å². The predicted octanol–water partition coefficient (Wildman–Crippen LogP) is 2.98. The van der Waals surface area contributed by atoms with Crippen molar-refractivity contribution in [3.8, 4) is 0 Å². The summed E-state index contributed by atoms with van der Waals surface area (Å²) in [6.45, 7) is 2.63. The molecule has 2 aromatic carbocycles. The predicted molar refractivity (Wildman–Crippen MR) is 109 cm³/mol. The number of sulfonamides is 1. The molecule has 1 aliphatic heterocycles. The number of piperidine rings is 1. The van der Waals surface area contributed by atoms with Crippen LogP contribution in [0, 0.1) is 0 Å². The molecular formula is C20H25N3O3S. The van der Waals surface area contributed by atoms with Crippen LogP contribution in [0.25, 0.3) is 0 Å². The lowest BCUT2D eigenvalue weighted by molar-refractivity contribution is 0.0951. The molecule has 1 saturated heterocycles. The van der Waals surface area contributed by atoms with E-state index >= 15 is 0 Å². The number of benzene rings is 2. The van der Waals surface area contributed by atoms with Gasteiger partial charge in [0.05, 0.1) is 6.26 Å². The van der Waals surface area contributed by atoms with Crippen LogP contribution in [0.5, 0.6) is 0 Å². The topological polar surface area (TPSA) is 78.5 Å². The van der Waals surface area contributed by atoms with E-state index in [4.69, 9.17) is 0 Å². The summed E-state index contributed by atoms with van der Waals surface area (Å²) in [7, 11) is -3.37. The lowest BCUT2D eigenvalue weighted by Gasteiger charge is -2.28. The first-order valence-corrected chi connectivity index (χ1v) is 11.0. The second kappa shape index (κ2) is 8.43. The van der Waals surface area contributed by atoms with Crippen molar-refractivity contribution in [2.45, 2.75) is 25.8 Å². The summed E-state index contributed by atoms with van der Waals surface area (Å²) in [6, 6.07) is 14.7. The summed E-state index contributed by atoms with van der Waals surface area (Å²) in [5, 5.41) is 2.87. The molecule has 0 aliphatic carbocycles. The van der Waals surface area contributed by atoms with Gasteiger partial charge in [-0.3, -0.25) is 9.52 Å². The molecule has 2 N–H and O–H groups in total. The van der Waals surface area contributed by atoms with Gasteiger partial charge in [-0.05, 0) is 55.2 Å². The minimum Gasteiger partial charge on any atom is -0.372 e. The lowest BCUT2D eigenvalue weighted by Crippen LogP contribution is -2.29. The van der Waals surface area contributed by atoms with Gasteiger partial charge in [0, 0.05) is 36.6 Å². The summed E-state index contributed by atoms with van der Waals surface area (Å²) < 4.78 is 25.0. The molecule has 1 amide bonds. The Balaban J connectivity index is 1.58. The summed E-state index contributed by atoms with van der Waals surface area (Å²) in [4.78, 5) is 14.7. The third kappa shape index (κ3) is 5.72. The van der Waals surface area contributed by atoms with Crippen LogP contribution in [-0.4, -0.2) is 33.7 Å². The van der Waals surface area contributed by atoms with E-state index in [-0.39, 0.29) is 5.91 Å². The van der Waals surface area contributed by atoms with Crippen LogP contribution < -0.4 is 14.9 Å². The zero-order valence-electron chi connectivity index (χ0n) is 15.4. The minimum absolute atomic E-state index is 0.243. The number of nitrogens with zero attached hydrogens (tertiary/aromatic N) is 1. The third-order valence-electron chi connectivity index (χ3n) is 4.54. The van der Waals surface area contributed by atoms with Crippen molar-refractivity contribution in [1.82, 2.24) is 5.32 Å². The largest absolute Gasteiger partial charge is 0.372 e. The molecule has 6 nitrogen and oxygen atoms in total. The molecule has 7 heteroatoms. The Bertz CT molecular complexity index is 889. The molecule has 0 unspecified atom stereocenters. The Morgan fingerprint density at radius 3 is 2.41 bits per heavy atom. The van der Waals surface area contributed by atoms with Crippen molar-refractivity contribution in [2.24, 2.45) is 0 Å². The number of amides is 1. The fraction of sp³-hybridized carbons (Fsp3) is 0.350. The molecular weight excluding hydrogens is 362 g/mol. The Morgan fingerprint density at radius 1 is 1.04 bits per heavy atom. The quantitative estimate of drug-likeness (QED) is 0.799. The van der Waals surface area contributed by atoms with E-state index in [0.717, 1.165) is 24.9 Å². The smallest absolute Gasteiger partial charge is 0.251 e. The highest BCUT2D eigenvalue weighted by Gasteiger charge is 2.11. The van der Waals surface area contributed by atoms with Gasteiger partial charge in [-0.25, -0.2) is 8.42 Å². The molecule has 1 aliphatic rings. The molecule has 0 atom stereocenters. The van der Waals surface area contributed by atoms with Gasteiger partial charge in [-0.15, -0.1) is 0 Å². The standard InChI is InChI=1S/C20H25N3O3S/c1-27(25,26)22-18-7-5-6-17(14-18)20(24)21-15-16-8-10-19(11-9-16)23-12-3-2-4-13-23/h5-11,14,22H,2-4,12-13,15H2,1H3,(H,21,24). The van der Waals surface area contributed by atoms with E-state index in [0.29, 0.717) is 17.8 Å². The van der Waals surface area contributed by atoms with E-state index in [1.807, 2.05) is 12.1 Å². The average molecular weight is 388 g/mol. The highest BCUT2D eigenvalue weighted by Crippen LogP contribution is 2.20. The lowest BCUT2D eigenvalue weighted by atomic mass is 10.1. The summed E-state index contributed by atoms with van der Waals surface area (Å²) in [5.41, 5.74) is 3.03. The van der Waals surface area contributed by atoms with E-state index in [2.05, 4.69) is 27.1 Å². The summed E-state index contributed by atoms with van der Waals surface area (Å²) in [6.07, 6.45) is 4.87. The van der Waals surface area contributed by atoms with Gasteiger partial charge in [0.2, 0.25) is 10.0 Å². The van der Waals surface area contributed by atoms with Gasteiger partial charge in [0.25, 0.3) is 5.91 Å². The first kappa shape index (κ1) is 19.2. The maximum Gasteiger partial charge on any atom is 0.251 e. The molecule has 1 fully saturated rings. The Kier molecular flexibility index (Phi) is 6.01. The van der Waals surface area contributed by atoms with Crippen molar-refractivity contribution < 1.29 is 13.2 Å². The van der Waals surface area contributed by atoms with Gasteiger partial charge in [0.1, 0.15) is 0 Å². The van der Waals surface area contributed by atoms with E-state index < -0.39 is 10.0 Å². The van der Waals surface area contributed by atoms with E-state index in [1.54, 1.807) is 18.2 Å². The van der Waals surface area contributed by atoms with Gasteiger partial charge in [0.15, 0.2) is 0 Å². The number of nitrogens with one attached hydrogen (secondary N) is 2. The van der Waals surface area contributed by atoms with Gasteiger partial charge >= 0.3 is 0 Å². The fourth-order valence-electron chi connectivity index (χ4n) is 3.20. The zero-order chi connectivity index (χ0) is 19.3. The molecule has 27 heavy (non-hydrogen) atoms. The maximum absolute atomic E-state index is 12.4.